The van der Waals surface area contributed by atoms with E-state index in [0.29, 0.717) is 5.92 Å². The summed E-state index contributed by atoms with van der Waals surface area (Å²) < 4.78 is 0. The van der Waals surface area contributed by atoms with Crippen molar-refractivity contribution in [2.24, 2.45) is 0 Å². The van der Waals surface area contributed by atoms with Crippen molar-refractivity contribution in [3.63, 3.8) is 0 Å². The molecule has 19 heavy (non-hydrogen) atoms. The molecule has 1 rings (SSSR count). The van der Waals surface area contributed by atoms with E-state index < -0.39 is 0 Å². The first-order valence-electron chi connectivity index (χ1n) is 7.10. The van der Waals surface area contributed by atoms with Gasteiger partial charge in [-0.15, -0.1) is 0 Å². The van der Waals surface area contributed by atoms with Crippen molar-refractivity contribution >= 4 is 0 Å². The van der Waals surface area contributed by atoms with Gasteiger partial charge in [-0.25, -0.2) is 0 Å². The quantitative estimate of drug-likeness (QED) is 0.804. The van der Waals surface area contributed by atoms with Gasteiger partial charge in [-0.1, -0.05) is 45.0 Å². The lowest BCUT2D eigenvalue weighted by Crippen LogP contribution is -2.28. The molecule has 1 aromatic rings. The third kappa shape index (κ3) is 5.33. The van der Waals surface area contributed by atoms with Crippen LogP contribution in [0, 0.1) is 0 Å². The summed E-state index contributed by atoms with van der Waals surface area (Å²) in [6, 6.07) is 9.18. The summed E-state index contributed by atoms with van der Waals surface area (Å²) in [7, 11) is 8.58. The predicted octanol–water partition coefficient (Wildman–Crippen LogP) is 3.19. The van der Waals surface area contributed by atoms with E-state index in [0.717, 1.165) is 13.1 Å². The molecule has 0 aliphatic heterocycles. The maximum Gasteiger partial charge on any atom is 0.00931 e. The minimum absolute atomic E-state index is 0.233. The summed E-state index contributed by atoms with van der Waals surface area (Å²) in [4.78, 5) is 4.54. The fourth-order valence-corrected chi connectivity index (χ4v) is 2.41. The predicted molar refractivity (Wildman–Crippen MR) is 85.0 cm³/mol. The van der Waals surface area contributed by atoms with Gasteiger partial charge in [0, 0.05) is 19.0 Å². The van der Waals surface area contributed by atoms with Crippen LogP contribution >= 0.6 is 0 Å². The van der Waals surface area contributed by atoms with Gasteiger partial charge in [-0.05, 0) is 44.7 Å². The third-order valence-electron chi connectivity index (χ3n) is 3.42. The van der Waals surface area contributed by atoms with Crippen LogP contribution < -0.4 is 0 Å². The van der Waals surface area contributed by atoms with Crippen LogP contribution in [0.25, 0.3) is 0 Å². The average molecular weight is 262 g/mol. The fourth-order valence-electron chi connectivity index (χ4n) is 2.41. The van der Waals surface area contributed by atoms with Crippen molar-refractivity contribution in [2.45, 2.75) is 32.1 Å². The largest absolute Gasteiger partial charge is 0.309 e. The van der Waals surface area contributed by atoms with Crippen LogP contribution in [0.5, 0.6) is 0 Å². The minimum atomic E-state index is 0.233. The highest BCUT2D eigenvalue weighted by atomic mass is 15.1. The minimum Gasteiger partial charge on any atom is -0.309 e. The van der Waals surface area contributed by atoms with E-state index in [1.54, 1.807) is 0 Å². The molecule has 108 valence electrons. The molecule has 0 aromatic heterocycles. The first-order valence-corrected chi connectivity index (χ1v) is 7.10. The molecule has 0 saturated carbocycles. The van der Waals surface area contributed by atoms with Gasteiger partial charge in [0.15, 0.2) is 0 Å². The maximum atomic E-state index is 2.30. The van der Waals surface area contributed by atoms with Crippen LogP contribution in [0.15, 0.2) is 24.3 Å². The Labute approximate surface area is 119 Å². The monoisotopic (exact) mass is 262 g/mol. The van der Waals surface area contributed by atoms with E-state index in [-0.39, 0.29) is 5.41 Å². The second-order valence-electron chi connectivity index (χ2n) is 7.09. The Morgan fingerprint density at radius 3 is 1.58 bits per heavy atom. The normalized spacial score (nSPS) is 12.7. The van der Waals surface area contributed by atoms with Gasteiger partial charge in [0.2, 0.25) is 0 Å². The van der Waals surface area contributed by atoms with Crippen LogP contribution in [-0.2, 0) is 5.41 Å². The van der Waals surface area contributed by atoms with E-state index in [1.807, 2.05) is 0 Å². The lowest BCUT2D eigenvalue weighted by atomic mass is 9.85. The lowest BCUT2D eigenvalue weighted by molar-refractivity contribution is 0.307. The van der Waals surface area contributed by atoms with Crippen LogP contribution in [0.4, 0.5) is 0 Å². The Morgan fingerprint density at radius 1 is 0.842 bits per heavy atom. The number of hydrogen-bond acceptors (Lipinski definition) is 2. The molecule has 0 atom stereocenters. The standard InChI is InChI=1S/C17H30N2/c1-17(2,3)16-10-8-14(9-11-16)15(12-18(4)5)13-19(6)7/h8-11,15H,12-13H2,1-7H3. The lowest BCUT2D eigenvalue weighted by Gasteiger charge is -2.26. The molecule has 0 amide bonds. The molecule has 2 heteroatoms. The van der Waals surface area contributed by atoms with Gasteiger partial charge in [0.1, 0.15) is 0 Å². The molecule has 0 radical (unpaired) electrons. The van der Waals surface area contributed by atoms with Crippen LogP contribution in [0.1, 0.15) is 37.8 Å². The van der Waals surface area contributed by atoms with Gasteiger partial charge in [0.05, 0.1) is 0 Å². The van der Waals surface area contributed by atoms with Gasteiger partial charge in [-0.2, -0.15) is 0 Å². The molecular formula is C17H30N2. The van der Waals surface area contributed by atoms with E-state index in [9.17, 15) is 0 Å². The second kappa shape index (κ2) is 6.53. The van der Waals surface area contributed by atoms with Gasteiger partial charge < -0.3 is 9.80 Å². The van der Waals surface area contributed by atoms with Gasteiger partial charge in [0.25, 0.3) is 0 Å². The highest BCUT2D eigenvalue weighted by Crippen LogP contribution is 2.25. The van der Waals surface area contributed by atoms with Crippen molar-refractivity contribution in [1.29, 1.82) is 0 Å². The first-order chi connectivity index (χ1) is 8.70. The van der Waals surface area contributed by atoms with Crippen LogP contribution in [-0.4, -0.2) is 51.1 Å². The molecule has 0 saturated heterocycles. The van der Waals surface area contributed by atoms with Gasteiger partial charge >= 0.3 is 0 Å². The molecule has 0 aliphatic rings. The average Bonchev–Trinajstić information content (AvgIpc) is 2.26. The highest BCUT2D eigenvalue weighted by molar-refractivity contribution is 5.30. The molecule has 0 unspecified atom stereocenters. The topological polar surface area (TPSA) is 6.48 Å². The van der Waals surface area contributed by atoms with Crippen molar-refractivity contribution in [3.05, 3.63) is 35.4 Å². The zero-order valence-corrected chi connectivity index (χ0v) is 13.7. The summed E-state index contributed by atoms with van der Waals surface area (Å²) >= 11 is 0. The van der Waals surface area contributed by atoms with E-state index in [2.05, 4.69) is 83.0 Å². The Kier molecular flexibility index (Phi) is 5.57. The van der Waals surface area contributed by atoms with Crippen LogP contribution in [0.2, 0.25) is 0 Å². The smallest absolute Gasteiger partial charge is 0.00931 e. The summed E-state index contributed by atoms with van der Waals surface area (Å²) in [6.45, 7) is 8.97. The van der Waals surface area contributed by atoms with E-state index >= 15 is 0 Å². The number of likely N-dealkylation sites (N-methyl/N-ethyl adjacent to an activating group) is 2. The van der Waals surface area contributed by atoms with Crippen molar-refractivity contribution < 1.29 is 0 Å². The Hall–Kier alpha value is -0.860. The van der Waals surface area contributed by atoms with E-state index in [1.165, 1.54) is 11.1 Å². The van der Waals surface area contributed by atoms with Gasteiger partial charge in [-0.3, -0.25) is 0 Å². The number of hydrogen-bond donors (Lipinski definition) is 0. The SMILES string of the molecule is CN(C)CC(CN(C)C)c1ccc(C(C)(C)C)cc1. The van der Waals surface area contributed by atoms with Crippen molar-refractivity contribution in [2.75, 3.05) is 41.3 Å². The Bertz CT molecular complexity index is 361. The summed E-state index contributed by atoms with van der Waals surface area (Å²) in [5.74, 6) is 0.569. The molecule has 0 heterocycles. The van der Waals surface area contributed by atoms with Crippen molar-refractivity contribution in [3.8, 4) is 0 Å². The number of rotatable bonds is 5. The molecule has 0 bridgehead atoms. The second-order valence-corrected chi connectivity index (χ2v) is 7.09. The maximum absolute atomic E-state index is 2.30. The fraction of sp³-hybridized carbons (Fsp3) is 0.647. The Morgan fingerprint density at radius 2 is 1.26 bits per heavy atom. The molecule has 0 aliphatic carbocycles. The molecule has 1 aromatic carbocycles. The molecule has 0 fully saturated rings. The molecular weight excluding hydrogens is 232 g/mol. The summed E-state index contributed by atoms with van der Waals surface area (Å²) in [6.07, 6.45) is 0. The Balaban J connectivity index is 2.90. The van der Waals surface area contributed by atoms with Crippen LogP contribution in [0.3, 0.4) is 0 Å². The summed E-state index contributed by atoms with van der Waals surface area (Å²) in [5, 5.41) is 0. The number of nitrogens with zero attached hydrogens (tertiary/aromatic N) is 2. The first kappa shape index (κ1) is 16.2. The van der Waals surface area contributed by atoms with Crippen molar-refractivity contribution in [1.82, 2.24) is 9.80 Å². The molecule has 2 nitrogen and oxygen atoms in total. The van der Waals surface area contributed by atoms with E-state index in [4.69, 9.17) is 0 Å². The third-order valence-corrected chi connectivity index (χ3v) is 3.42. The zero-order chi connectivity index (χ0) is 14.6. The highest BCUT2D eigenvalue weighted by Gasteiger charge is 2.16. The number of benzene rings is 1. The molecule has 0 spiro atoms. The summed E-state index contributed by atoms with van der Waals surface area (Å²) in [5.41, 5.74) is 3.08. The zero-order valence-electron chi connectivity index (χ0n) is 13.7. The molecule has 0 N–H and O–H groups in total.